The van der Waals surface area contributed by atoms with Crippen molar-refractivity contribution in [3.8, 4) is 5.75 Å². The van der Waals surface area contributed by atoms with Crippen LogP contribution in [-0.4, -0.2) is 16.2 Å². The first-order valence-corrected chi connectivity index (χ1v) is 5.88. The number of aromatic carboxylic acids is 1. The first-order valence-electron chi connectivity index (χ1n) is 5.88. The van der Waals surface area contributed by atoms with Gasteiger partial charge in [-0.2, -0.15) is 0 Å². The van der Waals surface area contributed by atoms with Crippen LogP contribution in [0.3, 0.4) is 0 Å². The van der Waals surface area contributed by atoms with Gasteiger partial charge in [0.1, 0.15) is 22.8 Å². The molecule has 0 amide bonds. The van der Waals surface area contributed by atoms with E-state index in [1.165, 1.54) is 6.07 Å². The number of aryl methyl sites for hydroxylation is 1. The van der Waals surface area contributed by atoms with Gasteiger partial charge in [-0.15, -0.1) is 0 Å². The first kappa shape index (κ1) is 13.2. The second kappa shape index (κ2) is 5.58. The van der Waals surface area contributed by atoms with E-state index in [1.807, 2.05) is 12.1 Å². The average Bonchev–Trinajstić information content (AvgIpc) is 2.73. The van der Waals surface area contributed by atoms with Gasteiger partial charge in [0.2, 0.25) is 0 Å². The predicted octanol–water partition coefficient (Wildman–Crippen LogP) is 2.28. The van der Waals surface area contributed by atoms with Gasteiger partial charge in [-0.3, -0.25) is 0 Å². The van der Waals surface area contributed by atoms with Crippen molar-refractivity contribution >= 4 is 5.97 Å². The molecule has 0 spiro atoms. The minimum atomic E-state index is -0.992. The summed E-state index contributed by atoms with van der Waals surface area (Å²) in [5.41, 5.74) is 0.962. The number of para-hydroxylation sites is 1. The number of carboxylic acid groups (broad SMARTS) is 1. The fourth-order valence-corrected chi connectivity index (χ4v) is 1.82. The number of aromatic hydroxyl groups is 1. The third kappa shape index (κ3) is 3.14. The first-order chi connectivity index (χ1) is 9.08. The second-order valence-corrected chi connectivity index (χ2v) is 4.22. The van der Waals surface area contributed by atoms with E-state index in [0.29, 0.717) is 24.6 Å². The number of carbonyl (C=O) groups is 1. The molecule has 5 nitrogen and oxygen atoms in total. The lowest BCUT2D eigenvalue weighted by atomic mass is 10.2. The number of rotatable bonds is 5. The van der Waals surface area contributed by atoms with Gasteiger partial charge in [0, 0.05) is 12.1 Å². The van der Waals surface area contributed by atoms with Crippen molar-refractivity contribution in [2.45, 2.75) is 20.0 Å². The van der Waals surface area contributed by atoms with E-state index < -0.39 is 5.97 Å². The van der Waals surface area contributed by atoms with Crippen molar-refractivity contribution < 1.29 is 19.4 Å². The van der Waals surface area contributed by atoms with Crippen molar-refractivity contribution in [1.82, 2.24) is 5.32 Å². The highest BCUT2D eigenvalue weighted by Gasteiger charge is 2.13. The molecule has 1 aromatic heterocycles. The van der Waals surface area contributed by atoms with Crippen LogP contribution in [0.1, 0.15) is 27.4 Å². The van der Waals surface area contributed by atoms with E-state index in [-0.39, 0.29) is 11.3 Å². The fraction of sp³-hybridized carbons (Fsp3) is 0.214. The highest BCUT2D eigenvalue weighted by atomic mass is 16.4. The molecule has 0 aliphatic carbocycles. The van der Waals surface area contributed by atoms with Gasteiger partial charge in [-0.05, 0) is 19.1 Å². The number of phenols is 1. The van der Waals surface area contributed by atoms with Gasteiger partial charge in [0.25, 0.3) is 0 Å². The zero-order valence-corrected chi connectivity index (χ0v) is 10.5. The summed E-state index contributed by atoms with van der Waals surface area (Å²) in [7, 11) is 0. The Hall–Kier alpha value is -2.27. The monoisotopic (exact) mass is 261 g/mol. The Labute approximate surface area is 110 Å². The number of hydrogen-bond acceptors (Lipinski definition) is 4. The Morgan fingerprint density at radius 2 is 2.05 bits per heavy atom. The lowest BCUT2D eigenvalue weighted by molar-refractivity contribution is 0.0695. The zero-order valence-electron chi connectivity index (χ0n) is 10.5. The van der Waals surface area contributed by atoms with E-state index in [9.17, 15) is 9.90 Å². The van der Waals surface area contributed by atoms with Crippen LogP contribution in [0.25, 0.3) is 0 Å². The van der Waals surface area contributed by atoms with Gasteiger partial charge >= 0.3 is 5.97 Å². The lowest BCUT2D eigenvalue weighted by Gasteiger charge is -2.04. The molecule has 0 atom stereocenters. The molecule has 2 rings (SSSR count). The molecule has 0 saturated carbocycles. The van der Waals surface area contributed by atoms with Crippen molar-refractivity contribution in [2.24, 2.45) is 0 Å². The maximum atomic E-state index is 10.9. The summed E-state index contributed by atoms with van der Waals surface area (Å²) in [6, 6.07) is 8.55. The summed E-state index contributed by atoms with van der Waals surface area (Å²) in [5.74, 6) is 0.197. The summed E-state index contributed by atoms with van der Waals surface area (Å²) in [6.07, 6.45) is 0. The molecule has 2 aromatic rings. The minimum Gasteiger partial charge on any atom is -0.508 e. The fourth-order valence-electron chi connectivity index (χ4n) is 1.82. The molecule has 100 valence electrons. The van der Waals surface area contributed by atoms with Crippen LogP contribution in [-0.2, 0) is 13.1 Å². The largest absolute Gasteiger partial charge is 0.508 e. The number of hydrogen-bond donors (Lipinski definition) is 3. The molecule has 0 aliphatic rings. The SMILES string of the molecule is Cc1oc(CNCc2ccccc2O)cc1C(=O)O. The predicted molar refractivity (Wildman–Crippen MR) is 69.1 cm³/mol. The van der Waals surface area contributed by atoms with Crippen molar-refractivity contribution in [1.29, 1.82) is 0 Å². The summed E-state index contributed by atoms with van der Waals surface area (Å²) >= 11 is 0. The molecule has 3 N–H and O–H groups in total. The molecule has 0 saturated heterocycles. The maximum Gasteiger partial charge on any atom is 0.339 e. The molecule has 1 heterocycles. The second-order valence-electron chi connectivity index (χ2n) is 4.22. The van der Waals surface area contributed by atoms with Gasteiger partial charge in [-0.1, -0.05) is 18.2 Å². The molecule has 0 unspecified atom stereocenters. The highest BCUT2D eigenvalue weighted by Crippen LogP contribution is 2.17. The molecule has 0 bridgehead atoms. The van der Waals surface area contributed by atoms with E-state index >= 15 is 0 Å². The Morgan fingerprint density at radius 3 is 2.68 bits per heavy atom. The number of carboxylic acids is 1. The quantitative estimate of drug-likeness (QED) is 0.769. The Morgan fingerprint density at radius 1 is 1.32 bits per heavy atom. The van der Waals surface area contributed by atoms with Crippen LogP contribution in [0.5, 0.6) is 5.75 Å². The molecule has 0 aliphatic heterocycles. The van der Waals surface area contributed by atoms with Crippen LogP contribution in [0.2, 0.25) is 0 Å². The molecule has 19 heavy (non-hydrogen) atoms. The summed E-state index contributed by atoms with van der Waals surface area (Å²) < 4.78 is 5.34. The third-order valence-corrected chi connectivity index (χ3v) is 2.81. The normalized spacial score (nSPS) is 10.6. The lowest BCUT2D eigenvalue weighted by Crippen LogP contribution is -2.12. The van der Waals surface area contributed by atoms with Crippen molar-refractivity contribution in [3.63, 3.8) is 0 Å². The number of phenolic OH excluding ortho intramolecular Hbond substituents is 1. The van der Waals surface area contributed by atoms with Crippen LogP contribution >= 0.6 is 0 Å². The summed E-state index contributed by atoms with van der Waals surface area (Å²) in [6.45, 7) is 2.51. The summed E-state index contributed by atoms with van der Waals surface area (Å²) in [5, 5.41) is 21.6. The third-order valence-electron chi connectivity index (χ3n) is 2.81. The smallest absolute Gasteiger partial charge is 0.339 e. The molecule has 0 radical (unpaired) electrons. The standard InChI is InChI=1S/C14H15NO4/c1-9-12(14(17)18)6-11(19-9)8-15-7-10-4-2-3-5-13(10)16/h2-6,15-16H,7-8H2,1H3,(H,17,18). The zero-order chi connectivity index (χ0) is 13.8. The van der Waals surface area contributed by atoms with Crippen molar-refractivity contribution in [2.75, 3.05) is 0 Å². The van der Waals surface area contributed by atoms with E-state index in [1.54, 1.807) is 19.1 Å². The van der Waals surface area contributed by atoms with E-state index in [2.05, 4.69) is 5.32 Å². The van der Waals surface area contributed by atoms with Crippen LogP contribution < -0.4 is 5.32 Å². The Bertz CT molecular complexity index is 589. The van der Waals surface area contributed by atoms with Crippen LogP contribution in [0.4, 0.5) is 0 Å². The van der Waals surface area contributed by atoms with E-state index in [4.69, 9.17) is 9.52 Å². The number of nitrogens with one attached hydrogen (secondary N) is 1. The van der Waals surface area contributed by atoms with Crippen LogP contribution in [0, 0.1) is 6.92 Å². The summed E-state index contributed by atoms with van der Waals surface area (Å²) in [4.78, 5) is 10.9. The number of benzene rings is 1. The topological polar surface area (TPSA) is 82.7 Å². The molecule has 1 aromatic carbocycles. The molecular formula is C14H15NO4. The Kier molecular flexibility index (Phi) is 3.87. The number of furan rings is 1. The maximum absolute atomic E-state index is 10.9. The van der Waals surface area contributed by atoms with Gasteiger partial charge in [0.15, 0.2) is 0 Å². The molecular weight excluding hydrogens is 246 g/mol. The van der Waals surface area contributed by atoms with Gasteiger partial charge in [-0.25, -0.2) is 4.79 Å². The average molecular weight is 261 g/mol. The van der Waals surface area contributed by atoms with E-state index in [0.717, 1.165) is 5.56 Å². The highest BCUT2D eigenvalue weighted by molar-refractivity contribution is 5.88. The minimum absolute atomic E-state index is 0.180. The molecule has 0 fully saturated rings. The van der Waals surface area contributed by atoms with Crippen LogP contribution in [0.15, 0.2) is 34.7 Å². The molecule has 5 heteroatoms. The van der Waals surface area contributed by atoms with Gasteiger partial charge < -0.3 is 19.9 Å². The van der Waals surface area contributed by atoms with Gasteiger partial charge in [0.05, 0.1) is 6.54 Å². The van der Waals surface area contributed by atoms with Crippen molar-refractivity contribution in [3.05, 3.63) is 53.0 Å². The Balaban J connectivity index is 1.95.